The highest BCUT2D eigenvalue weighted by atomic mass is 32.2. The minimum absolute atomic E-state index is 0.348. The highest BCUT2D eigenvalue weighted by Gasteiger charge is 2.14. The normalized spacial score (nSPS) is 11.1. The molecule has 0 radical (unpaired) electrons. The maximum absolute atomic E-state index is 10.6. The fourth-order valence-electron chi connectivity index (χ4n) is 0.306. The van der Waals surface area contributed by atoms with Crippen molar-refractivity contribution >= 4 is 17.3 Å². The van der Waals surface area contributed by atoms with Crippen molar-refractivity contribution in [1.82, 2.24) is 4.89 Å². The Kier molecular flexibility index (Phi) is 4.30. The van der Waals surface area contributed by atoms with E-state index in [2.05, 4.69) is 11.3 Å². The van der Waals surface area contributed by atoms with Crippen LogP contribution in [-0.4, -0.2) is 31.5 Å². The Morgan fingerprint density at radius 3 is 2.55 bits per heavy atom. The summed E-state index contributed by atoms with van der Waals surface area (Å²) in [6.45, 7) is 3.17. The minimum atomic E-state index is -3.64. The van der Waals surface area contributed by atoms with Crippen LogP contribution in [-0.2, 0) is 14.8 Å². The molecule has 0 unspecified atom stereocenters. The first-order chi connectivity index (χ1) is 4.98. The molecule has 0 aromatic carbocycles. The summed E-state index contributed by atoms with van der Waals surface area (Å²) in [6, 6.07) is 0. The Labute approximate surface area is 64.7 Å². The van der Waals surface area contributed by atoms with Gasteiger partial charge in [0.05, 0.1) is 5.75 Å². The van der Waals surface area contributed by atoms with Crippen molar-refractivity contribution in [3.05, 3.63) is 12.7 Å². The van der Waals surface area contributed by atoms with Gasteiger partial charge in [0.1, 0.15) is 0 Å². The van der Waals surface area contributed by atoms with Crippen molar-refractivity contribution in [2.24, 2.45) is 0 Å². The predicted molar refractivity (Wildman–Crippen MR) is 38.4 cm³/mol. The van der Waals surface area contributed by atoms with Gasteiger partial charge in [-0.25, -0.2) is 8.42 Å². The molecule has 0 aromatic heterocycles. The van der Waals surface area contributed by atoms with Crippen LogP contribution < -0.4 is 4.89 Å². The highest BCUT2D eigenvalue weighted by molar-refractivity contribution is 7.89. The third kappa shape index (κ3) is 6.01. The van der Waals surface area contributed by atoms with Crippen LogP contribution >= 0.6 is 0 Å². The molecule has 0 rings (SSSR count). The van der Waals surface area contributed by atoms with Gasteiger partial charge in [0.2, 0.25) is 10.0 Å². The molecule has 0 aliphatic heterocycles. The molecule has 0 fully saturated rings. The lowest BCUT2D eigenvalue weighted by Crippen LogP contribution is -2.33. The molecular weight excluding hydrogens is 173 g/mol. The summed E-state index contributed by atoms with van der Waals surface area (Å²) in [5.74, 6) is -0.348. The molecule has 0 aliphatic rings. The third-order valence-electron chi connectivity index (χ3n) is 0.618. The van der Waals surface area contributed by atoms with E-state index in [-0.39, 0.29) is 5.75 Å². The molecule has 0 amide bonds. The van der Waals surface area contributed by atoms with Crippen LogP contribution in [0.3, 0.4) is 0 Å². The Morgan fingerprint density at radius 1 is 1.64 bits per heavy atom. The number of rotatable bonds is 5. The van der Waals surface area contributed by atoms with Gasteiger partial charge in [-0.05, 0) is 0 Å². The van der Waals surface area contributed by atoms with Crippen LogP contribution in [0.4, 0.5) is 0 Å². The number of hydrogen-bond acceptors (Lipinski definition) is 5. The van der Waals surface area contributed by atoms with Gasteiger partial charge < -0.3 is 10.0 Å². The molecular formula is C3H8BNO5S. The van der Waals surface area contributed by atoms with Crippen LogP contribution in [0, 0.1) is 0 Å². The van der Waals surface area contributed by atoms with E-state index in [0.717, 1.165) is 6.08 Å². The average Bonchev–Trinajstić information content (AvgIpc) is 1.84. The van der Waals surface area contributed by atoms with E-state index in [1.54, 1.807) is 0 Å². The van der Waals surface area contributed by atoms with Crippen LogP contribution in [0.1, 0.15) is 0 Å². The second kappa shape index (κ2) is 4.47. The second-order valence-corrected chi connectivity index (χ2v) is 3.33. The molecule has 0 saturated carbocycles. The maximum Gasteiger partial charge on any atom is 0.652 e. The first-order valence-electron chi connectivity index (χ1n) is 2.60. The Hall–Kier alpha value is -0.405. The fourth-order valence-corrected chi connectivity index (χ4v) is 0.917. The molecule has 0 heterocycles. The van der Waals surface area contributed by atoms with Crippen molar-refractivity contribution < 1.29 is 23.2 Å². The molecule has 11 heavy (non-hydrogen) atoms. The van der Waals surface area contributed by atoms with E-state index in [9.17, 15) is 8.42 Å². The molecule has 3 N–H and O–H groups in total. The average molecular weight is 181 g/mol. The summed E-state index contributed by atoms with van der Waals surface area (Å²) in [6.07, 6.45) is 1.13. The van der Waals surface area contributed by atoms with Crippen molar-refractivity contribution in [2.75, 3.05) is 5.75 Å². The van der Waals surface area contributed by atoms with E-state index in [1.165, 1.54) is 4.89 Å². The van der Waals surface area contributed by atoms with Gasteiger partial charge in [0.15, 0.2) is 0 Å². The smallest absolute Gasteiger partial charge is 0.401 e. The molecule has 0 atom stereocenters. The Balaban J connectivity index is 3.83. The Morgan fingerprint density at radius 2 is 2.18 bits per heavy atom. The third-order valence-corrected chi connectivity index (χ3v) is 1.64. The van der Waals surface area contributed by atoms with Crippen LogP contribution in [0.25, 0.3) is 0 Å². The monoisotopic (exact) mass is 181 g/mol. The molecule has 0 bridgehead atoms. The Bertz CT molecular complexity index is 212. The van der Waals surface area contributed by atoms with Gasteiger partial charge in [-0.2, -0.15) is 0 Å². The first-order valence-corrected chi connectivity index (χ1v) is 4.25. The quantitative estimate of drug-likeness (QED) is 0.259. The minimum Gasteiger partial charge on any atom is -0.401 e. The van der Waals surface area contributed by atoms with E-state index in [1.807, 2.05) is 0 Å². The molecule has 0 spiro atoms. The van der Waals surface area contributed by atoms with Crippen LogP contribution in [0.5, 0.6) is 0 Å². The lowest BCUT2D eigenvalue weighted by Gasteiger charge is -2.02. The molecule has 0 aromatic rings. The number of sulfonamides is 1. The van der Waals surface area contributed by atoms with Crippen molar-refractivity contribution in [1.29, 1.82) is 0 Å². The first kappa shape index (κ1) is 10.6. The van der Waals surface area contributed by atoms with Crippen LogP contribution in [0.15, 0.2) is 12.7 Å². The van der Waals surface area contributed by atoms with Gasteiger partial charge in [-0.1, -0.05) is 6.08 Å². The fraction of sp³-hybridized carbons (Fsp3) is 0.333. The predicted octanol–water partition coefficient (Wildman–Crippen LogP) is -2.01. The molecule has 8 heteroatoms. The summed E-state index contributed by atoms with van der Waals surface area (Å²) in [4.78, 5) is 1.46. The van der Waals surface area contributed by atoms with E-state index in [4.69, 9.17) is 10.0 Å². The summed E-state index contributed by atoms with van der Waals surface area (Å²) >= 11 is 0. The van der Waals surface area contributed by atoms with Crippen LogP contribution in [0.2, 0.25) is 0 Å². The van der Waals surface area contributed by atoms with Crippen molar-refractivity contribution in [3.63, 3.8) is 0 Å². The SMILES string of the molecule is C=CCS(=O)(=O)NOB(O)O. The lowest BCUT2D eigenvalue weighted by molar-refractivity contribution is 0.155. The molecule has 0 saturated heterocycles. The molecule has 0 aliphatic carbocycles. The summed E-state index contributed by atoms with van der Waals surface area (Å²) < 4.78 is 25.0. The van der Waals surface area contributed by atoms with E-state index in [0.29, 0.717) is 0 Å². The zero-order valence-electron chi connectivity index (χ0n) is 5.60. The van der Waals surface area contributed by atoms with Crippen molar-refractivity contribution in [2.45, 2.75) is 0 Å². The van der Waals surface area contributed by atoms with Gasteiger partial charge in [-0.15, -0.1) is 11.5 Å². The summed E-state index contributed by atoms with van der Waals surface area (Å²) in [5.41, 5.74) is 0. The lowest BCUT2D eigenvalue weighted by atomic mass is 10.3. The summed E-state index contributed by atoms with van der Waals surface area (Å²) in [5, 5.41) is 16.1. The van der Waals surface area contributed by atoms with Gasteiger partial charge in [-0.3, -0.25) is 4.76 Å². The largest absolute Gasteiger partial charge is 0.652 e. The summed E-state index contributed by atoms with van der Waals surface area (Å²) in [7, 11) is -5.79. The molecule has 6 nitrogen and oxygen atoms in total. The maximum atomic E-state index is 10.6. The van der Waals surface area contributed by atoms with Gasteiger partial charge in [0.25, 0.3) is 0 Å². The second-order valence-electron chi connectivity index (χ2n) is 1.60. The number of nitrogens with one attached hydrogen (secondary N) is 1. The zero-order chi connectivity index (χ0) is 8.91. The van der Waals surface area contributed by atoms with E-state index < -0.39 is 17.3 Å². The standard InChI is InChI=1S/C3H8BNO5S/c1-2-3-11(8,9)5-10-4(6)7/h2,5-7H,1,3H2. The zero-order valence-corrected chi connectivity index (χ0v) is 6.41. The van der Waals surface area contributed by atoms with E-state index >= 15 is 0 Å². The van der Waals surface area contributed by atoms with Crippen molar-refractivity contribution in [3.8, 4) is 0 Å². The number of hydrogen-bond donors (Lipinski definition) is 3. The highest BCUT2D eigenvalue weighted by Crippen LogP contribution is 1.84. The topological polar surface area (TPSA) is 95.9 Å². The van der Waals surface area contributed by atoms with Gasteiger partial charge in [0, 0.05) is 0 Å². The molecule has 64 valence electrons. The van der Waals surface area contributed by atoms with Gasteiger partial charge >= 0.3 is 7.32 Å².